The van der Waals surface area contributed by atoms with E-state index >= 15 is 0 Å². The number of hydrogen-bond donors (Lipinski definition) is 1. The zero-order valence-electron chi connectivity index (χ0n) is 14.4. The Kier molecular flexibility index (Phi) is 6.05. The van der Waals surface area contributed by atoms with E-state index in [4.69, 9.17) is 4.74 Å². The van der Waals surface area contributed by atoms with Crippen LogP contribution in [0.2, 0.25) is 0 Å². The zero-order valence-corrected chi connectivity index (χ0v) is 15.2. The van der Waals surface area contributed by atoms with Crippen LogP contribution in [0, 0.1) is 0 Å². The highest BCUT2D eigenvalue weighted by Gasteiger charge is 2.38. The molecule has 0 aliphatic carbocycles. The van der Waals surface area contributed by atoms with Crippen LogP contribution in [0.1, 0.15) is 33.1 Å². The molecule has 2 fully saturated rings. The first-order valence-corrected chi connectivity index (χ1v) is 10.2. The maximum Gasteiger partial charge on any atom is 0.238 e. The number of nitrogens with one attached hydrogen (secondary N) is 1. The Morgan fingerprint density at radius 1 is 1.30 bits per heavy atom. The number of nitrogens with zero attached hydrogens (tertiary/aromatic N) is 2. The predicted molar refractivity (Wildman–Crippen MR) is 88.7 cm³/mol. The Hall–Kier alpha value is -0.700. The lowest BCUT2D eigenvalue weighted by Crippen LogP contribution is -2.58. The van der Waals surface area contributed by atoms with Gasteiger partial charge in [-0.25, -0.2) is 8.42 Å². The van der Waals surface area contributed by atoms with Gasteiger partial charge < -0.3 is 10.1 Å². The number of hydrogen-bond acceptors (Lipinski definition) is 5. The summed E-state index contributed by atoms with van der Waals surface area (Å²) >= 11 is 0. The van der Waals surface area contributed by atoms with E-state index in [1.165, 1.54) is 10.6 Å². The maximum absolute atomic E-state index is 12.5. The van der Waals surface area contributed by atoms with Gasteiger partial charge in [-0.3, -0.25) is 9.69 Å². The molecule has 2 aliphatic rings. The first kappa shape index (κ1) is 18.6. The molecule has 0 radical (unpaired) electrons. The van der Waals surface area contributed by atoms with Crippen molar-refractivity contribution in [1.29, 1.82) is 0 Å². The molecule has 2 heterocycles. The first-order valence-electron chi connectivity index (χ1n) is 8.35. The van der Waals surface area contributed by atoms with Crippen molar-refractivity contribution >= 4 is 15.9 Å². The van der Waals surface area contributed by atoms with Crippen molar-refractivity contribution < 1.29 is 17.9 Å². The van der Waals surface area contributed by atoms with Gasteiger partial charge in [0.05, 0.1) is 19.5 Å². The van der Waals surface area contributed by atoms with Crippen LogP contribution in [0.4, 0.5) is 0 Å². The van der Waals surface area contributed by atoms with E-state index in [1.54, 1.807) is 0 Å². The monoisotopic (exact) mass is 347 g/mol. The average molecular weight is 347 g/mol. The minimum absolute atomic E-state index is 0.131. The second kappa shape index (κ2) is 7.46. The molecule has 0 saturated carbocycles. The van der Waals surface area contributed by atoms with Crippen molar-refractivity contribution in [3.05, 3.63) is 0 Å². The zero-order chi connectivity index (χ0) is 17.1. The molecule has 2 saturated heterocycles. The van der Waals surface area contributed by atoms with Crippen LogP contribution in [-0.2, 0) is 19.6 Å². The third kappa shape index (κ3) is 4.43. The van der Waals surface area contributed by atoms with E-state index < -0.39 is 16.1 Å². The molecule has 1 N–H and O–H groups in total. The lowest BCUT2D eigenvalue weighted by Gasteiger charge is -2.43. The quantitative estimate of drug-likeness (QED) is 0.733. The highest BCUT2D eigenvalue weighted by molar-refractivity contribution is 7.88. The fraction of sp³-hybridized carbons (Fsp3) is 0.933. The third-order valence-corrected chi connectivity index (χ3v) is 6.40. The minimum Gasteiger partial charge on any atom is -0.379 e. The lowest BCUT2D eigenvalue weighted by atomic mass is 9.95. The van der Waals surface area contributed by atoms with Crippen molar-refractivity contribution in [1.82, 2.24) is 14.5 Å². The average Bonchev–Trinajstić information content (AvgIpc) is 3.03. The molecule has 0 spiro atoms. The molecule has 2 aliphatic heterocycles. The molecule has 134 valence electrons. The highest BCUT2D eigenvalue weighted by Crippen LogP contribution is 2.22. The fourth-order valence-electron chi connectivity index (χ4n) is 3.36. The standard InChI is InChI=1S/C15H29N3O4S/c1-4-15(2,17-8-10-22-11-9-17)12-16-14(19)13-6-5-7-18(13)23(3,20)21/h13H,4-12H2,1-3H3,(H,16,19)/t13-,15+/m0/s1. The van der Waals surface area contributed by atoms with Crippen molar-refractivity contribution in [3.8, 4) is 0 Å². The number of sulfonamides is 1. The summed E-state index contributed by atoms with van der Waals surface area (Å²) in [5, 5.41) is 2.99. The van der Waals surface area contributed by atoms with Gasteiger partial charge in [0, 0.05) is 31.7 Å². The SMILES string of the molecule is CC[C@](C)(CNC(=O)[C@@H]1CCCN1S(C)(=O)=O)N1CCOCC1. The van der Waals surface area contributed by atoms with Crippen LogP contribution in [0.5, 0.6) is 0 Å². The molecule has 0 aromatic rings. The number of ether oxygens (including phenoxy) is 1. The van der Waals surface area contributed by atoms with Crippen LogP contribution in [0.15, 0.2) is 0 Å². The Morgan fingerprint density at radius 3 is 2.52 bits per heavy atom. The largest absolute Gasteiger partial charge is 0.379 e. The van der Waals surface area contributed by atoms with Crippen LogP contribution in [0.3, 0.4) is 0 Å². The van der Waals surface area contributed by atoms with Crippen LogP contribution in [-0.4, -0.2) is 80.8 Å². The Balaban J connectivity index is 1.96. The maximum atomic E-state index is 12.5. The minimum atomic E-state index is -3.33. The van der Waals surface area contributed by atoms with Crippen molar-refractivity contribution in [2.24, 2.45) is 0 Å². The molecular weight excluding hydrogens is 318 g/mol. The lowest BCUT2D eigenvalue weighted by molar-refractivity contribution is -0.125. The van der Waals surface area contributed by atoms with Crippen LogP contribution < -0.4 is 5.32 Å². The smallest absolute Gasteiger partial charge is 0.238 e. The van der Waals surface area contributed by atoms with Crippen LogP contribution in [0.25, 0.3) is 0 Å². The number of amides is 1. The summed E-state index contributed by atoms with van der Waals surface area (Å²) in [7, 11) is -3.33. The van der Waals surface area contributed by atoms with Gasteiger partial charge in [-0.1, -0.05) is 6.92 Å². The van der Waals surface area contributed by atoms with E-state index in [-0.39, 0.29) is 11.4 Å². The van der Waals surface area contributed by atoms with Gasteiger partial charge in [-0.15, -0.1) is 0 Å². The molecular formula is C15H29N3O4S. The molecule has 1 amide bonds. The second-order valence-electron chi connectivity index (χ2n) is 6.70. The van der Waals surface area contributed by atoms with E-state index in [2.05, 4.69) is 24.1 Å². The molecule has 2 rings (SSSR count). The first-order chi connectivity index (χ1) is 10.8. The Morgan fingerprint density at radius 2 is 1.96 bits per heavy atom. The van der Waals surface area contributed by atoms with E-state index in [0.717, 1.165) is 25.9 Å². The molecule has 0 aromatic carbocycles. The summed E-state index contributed by atoms with van der Waals surface area (Å²) in [6.07, 6.45) is 3.41. The summed E-state index contributed by atoms with van der Waals surface area (Å²) < 4.78 is 30.3. The summed E-state index contributed by atoms with van der Waals surface area (Å²) in [5.41, 5.74) is -0.131. The molecule has 0 unspecified atom stereocenters. The summed E-state index contributed by atoms with van der Waals surface area (Å²) in [6, 6.07) is -0.559. The van der Waals surface area contributed by atoms with Crippen molar-refractivity contribution in [3.63, 3.8) is 0 Å². The van der Waals surface area contributed by atoms with Gasteiger partial charge in [0.15, 0.2) is 0 Å². The van der Waals surface area contributed by atoms with Crippen LogP contribution >= 0.6 is 0 Å². The fourth-order valence-corrected chi connectivity index (χ4v) is 4.48. The molecule has 0 aromatic heterocycles. The number of rotatable bonds is 6. The van der Waals surface area contributed by atoms with Gasteiger partial charge in [0.2, 0.25) is 15.9 Å². The van der Waals surface area contributed by atoms with Gasteiger partial charge in [-0.05, 0) is 26.2 Å². The summed E-state index contributed by atoms with van der Waals surface area (Å²) in [5.74, 6) is -0.180. The second-order valence-corrected chi connectivity index (χ2v) is 8.63. The van der Waals surface area contributed by atoms with Gasteiger partial charge >= 0.3 is 0 Å². The predicted octanol–water partition coefficient (Wildman–Crippen LogP) is 0.0275. The molecule has 7 nitrogen and oxygen atoms in total. The van der Waals surface area contributed by atoms with Gasteiger partial charge in [0.1, 0.15) is 6.04 Å². The van der Waals surface area contributed by atoms with E-state index in [1.807, 2.05) is 0 Å². The summed E-state index contributed by atoms with van der Waals surface area (Å²) in [4.78, 5) is 14.8. The Bertz CT molecular complexity index is 519. The topological polar surface area (TPSA) is 79.0 Å². The Labute approximate surface area is 139 Å². The third-order valence-electron chi connectivity index (χ3n) is 5.11. The molecule has 23 heavy (non-hydrogen) atoms. The van der Waals surface area contributed by atoms with Gasteiger partial charge in [-0.2, -0.15) is 4.31 Å². The van der Waals surface area contributed by atoms with E-state index in [9.17, 15) is 13.2 Å². The highest BCUT2D eigenvalue weighted by atomic mass is 32.2. The molecule has 0 bridgehead atoms. The molecule has 2 atom stereocenters. The number of morpholine rings is 1. The summed E-state index contributed by atoms with van der Waals surface area (Å²) in [6.45, 7) is 8.36. The number of carbonyl (C=O) groups is 1. The van der Waals surface area contributed by atoms with E-state index in [0.29, 0.717) is 32.7 Å². The van der Waals surface area contributed by atoms with Gasteiger partial charge in [0.25, 0.3) is 0 Å². The normalized spacial score (nSPS) is 26.8. The number of carbonyl (C=O) groups excluding carboxylic acids is 1. The molecule has 8 heteroatoms. The van der Waals surface area contributed by atoms with Crippen molar-refractivity contribution in [2.75, 3.05) is 45.6 Å². The van der Waals surface area contributed by atoms with Crippen molar-refractivity contribution in [2.45, 2.75) is 44.7 Å².